The standard InChI is InChI=1S/C25H32Cl2N2/c1-3-4-5-6-7-10-15-28-17-23-19(2)29(25-12-9-8-11-22(23)25)18-20-13-14-21(26)16-24(20)27/h8-9,11-14,16,28H,3-7,10,15,17-18H2,1-2H3. The molecular formula is C25H32Cl2N2. The van der Waals surface area contributed by atoms with E-state index >= 15 is 0 Å². The fourth-order valence-corrected chi connectivity index (χ4v) is 4.46. The average Bonchev–Trinajstić information content (AvgIpc) is 2.97. The van der Waals surface area contributed by atoms with Crippen LogP contribution in [0.1, 0.15) is 62.3 Å². The van der Waals surface area contributed by atoms with Crippen LogP contribution in [0.25, 0.3) is 10.9 Å². The molecule has 0 saturated heterocycles. The molecule has 1 heterocycles. The molecule has 0 aliphatic heterocycles. The van der Waals surface area contributed by atoms with Crippen molar-refractivity contribution in [2.75, 3.05) is 6.54 Å². The minimum atomic E-state index is 0.674. The van der Waals surface area contributed by atoms with E-state index in [9.17, 15) is 0 Å². The van der Waals surface area contributed by atoms with Crippen LogP contribution in [0.2, 0.25) is 10.0 Å². The van der Waals surface area contributed by atoms with E-state index in [-0.39, 0.29) is 0 Å². The first kappa shape index (κ1) is 22.2. The monoisotopic (exact) mass is 430 g/mol. The lowest BCUT2D eigenvalue weighted by molar-refractivity contribution is 0.571. The van der Waals surface area contributed by atoms with E-state index in [1.807, 2.05) is 18.2 Å². The molecule has 29 heavy (non-hydrogen) atoms. The highest BCUT2D eigenvalue weighted by Crippen LogP contribution is 2.29. The molecule has 0 bridgehead atoms. The van der Waals surface area contributed by atoms with Gasteiger partial charge in [0, 0.05) is 39.7 Å². The number of benzene rings is 2. The highest BCUT2D eigenvalue weighted by molar-refractivity contribution is 6.35. The van der Waals surface area contributed by atoms with Crippen molar-refractivity contribution in [1.29, 1.82) is 0 Å². The molecule has 2 nitrogen and oxygen atoms in total. The summed E-state index contributed by atoms with van der Waals surface area (Å²) in [6, 6.07) is 14.4. The maximum Gasteiger partial charge on any atom is 0.0493 e. The number of hydrogen-bond donors (Lipinski definition) is 1. The molecule has 2 aromatic carbocycles. The maximum absolute atomic E-state index is 6.44. The van der Waals surface area contributed by atoms with Crippen LogP contribution in [0.5, 0.6) is 0 Å². The Morgan fingerprint density at radius 3 is 2.48 bits per heavy atom. The van der Waals surface area contributed by atoms with Crippen LogP contribution in [-0.4, -0.2) is 11.1 Å². The van der Waals surface area contributed by atoms with Gasteiger partial charge in [-0.3, -0.25) is 0 Å². The van der Waals surface area contributed by atoms with Crippen molar-refractivity contribution in [1.82, 2.24) is 9.88 Å². The van der Waals surface area contributed by atoms with Crippen molar-refractivity contribution in [2.45, 2.75) is 65.5 Å². The molecule has 156 valence electrons. The van der Waals surface area contributed by atoms with Gasteiger partial charge in [-0.1, -0.05) is 86.5 Å². The predicted octanol–water partition coefficient (Wildman–Crippen LogP) is 7.75. The Labute approximate surface area is 185 Å². The molecule has 0 aliphatic carbocycles. The van der Waals surface area contributed by atoms with Crippen LogP contribution >= 0.6 is 23.2 Å². The Hall–Kier alpha value is -1.48. The van der Waals surface area contributed by atoms with E-state index in [4.69, 9.17) is 23.2 Å². The minimum absolute atomic E-state index is 0.674. The summed E-state index contributed by atoms with van der Waals surface area (Å²) in [4.78, 5) is 0. The molecule has 0 amide bonds. The molecular weight excluding hydrogens is 399 g/mol. The van der Waals surface area contributed by atoms with E-state index in [2.05, 4.69) is 48.0 Å². The number of nitrogens with zero attached hydrogens (tertiary/aromatic N) is 1. The topological polar surface area (TPSA) is 17.0 Å². The first-order valence-corrected chi connectivity index (χ1v) is 11.6. The Morgan fingerprint density at radius 2 is 1.69 bits per heavy atom. The van der Waals surface area contributed by atoms with Crippen LogP contribution in [0, 0.1) is 6.92 Å². The molecule has 4 heteroatoms. The van der Waals surface area contributed by atoms with Gasteiger partial charge in [-0.2, -0.15) is 0 Å². The molecule has 0 aliphatic rings. The van der Waals surface area contributed by atoms with E-state index in [1.165, 1.54) is 60.7 Å². The van der Waals surface area contributed by atoms with Crippen molar-refractivity contribution in [3.63, 3.8) is 0 Å². The van der Waals surface area contributed by atoms with Crippen molar-refractivity contribution in [2.24, 2.45) is 0 Å². The summed E-state index contributed by atoms with van der Waals surface area (Å²) in [5.41, 5.74) is 5.03. The number of halogens is 2. The quantitative estimate of drug-likeness (QED) is 0.307. The van der Waals surface area contributed by atoms with Crippen molar-refractivity contribution in [3.8, 4) is 0 Å². The number of fused-ring (bicyclic) bond motifs is 1. The summed E-state index contributed by atoms with van der Waals surface area (Å²) < 4.78 is 2.37. The second-order valence-corrected chi connectivity index (χ2v) is 8.69. The number of nitrogens with one attached hydrogen (secondary N) is 1. The smallest absolute Gasteiger partial charge is 0.0493 e. The fraction of sp³-hybridized carbons (Fsp3) is 0.440. The molecule has 1 N–H and O–H groups in total. The van der Waals surface area contributed by atoms with Gasteiger partial charge >= 0.3 is 0 Å². The Kier molecular flexibility index (Phi) is 8.47. The Morgan fingerprint density at radius 1 is 0.931 bits per heavy atom. The first-order chi connectivity index (χ1) is 14.1. The summed E-state index contributed by atoms with van der Waals surface area (Å²) in [5, 5.41) is 6.38. The van der Waals surface area contributed by atoms with Crippen LogP contribution in [0.15, 0.2) is 42.5 Å². The lowest BCUT2D eigenvalue weighted by atomic mass is 10.1. The highest BCUT2D eigenvalue weighted by atomic mass is 35.5. The zero-order valence-corrected chi connectivity index (χ0v) is 19.1. The third-order valence-electron chi connectivity index (χ3n) is 5.71. The van der Waals surface area contributed by atoms with Gasteiger partial charge in [0.15, 0.2) is 0 Å². The second-order valence-electron chi connectivity index (χ2n) is 7.85. The van der Waals surface area contributed by atoms with Crippen LogP contribution in [0.4, 0.5) is 0 Å². The summed E-state index contributed by atoms with van der Waals surface area (Å²) in [6.07, 6.45) is 7.98. The van der Waals surface area contributed by atoms with Gasteiger partial charge < -0.3 is 9.88 Å². The Balaban J connectivity index is 1.69. The van der Waals surface area contributed by atoms with Gasteiger partial charge in [0.2, 0.25) is 0 Å². The zero-order chi connectivity index (χ0) is 20.6. The van der Waals surface area contributed by atoms with Crippen molar-refractivity contribution >= 4 is 34.1 Å². The summed E-state index contributed by atoms with van der Waals surface area (Å²) in [5.74, 6) is 0. The van der Waals surface area contributed by atoms with Crippen LogP contribution in [0.3, 0.4) is 0 Å². The molecule has 1 aromatic heterocycles. The lowest BCUT2D eigenvalue weighted by Gasteiger charge is -2.11. The number of hydrogen-bond acceptors (Lipinski definition) is 1. The number of aromatic nitrogens is 1. The van der Waals surface area contributed by atoms with Crippen molar-refractivity contribution < 1.29 is 0 Å². The van der Waals surface area contributed by atoms with Gasteiger partial charge in [-0.25, -0.2) is 0 Å². The first-order valence-electron chi connectivity index (χ1n) is 10.8. The van der Waals surface area contributed by atoms with Gasteiger partial charge in [0.1, 0.15) is 0 Å². The molecule has 0 unspecified atom stereocenters. The van der Waals surface area contributed by atoms with E-state index in [0.717, 1.165) is 30.2 Å². The summed E-state index contributed by atoms with van der Waals surface area (Å²) in [7, 11) is 0. The van der Waals surface area contributed by atoms with Crippen LogP contribution in [-0.2, 0) is 13.1 Å². The van der Waals surface area contributed by atoms with E-state index in [1.54, 1.807) is 0 Å². The van der Waals surface area contributed by atoms with Gasteiger partial charge in [-0.15, -0.1) is 0 Å². The zero-order valence-electron chi connectivity index (χ0n) is 17.6. The molecule has 3 rings (SSSR count). The number of para-hydroxylation sites is 1. The summed E-state index contributed by atoms with van der Waals surface area (Å²) >= 11 is 12.5. The van der Waals surface area contributed by atoms with Gasteiger partial charge in [0.25, 0.3) is 0 Å². The molecule has 0 fully saturated rings. The minimum Gasteiger partial charge on any atom is -0.340 e. The average molecular weight is 431 g/mol. The maximum atomic E-state index is 6.44. The molecule has 0 radical (unpaired) electrons. The normalized spacial score (nSPS) is 11.4. The fourth-order valence-electron chi connectivity index (χ4n) is 3.99. The summed E-state index contributed by atoms with van der Waals surface area (Å²) in [6.45, 7) is 7.21. The van der Waals surface area contributed by atoms with E-state index in [0.29, 0.717) is 5.02 Å². The molecule has 0 saturated carbocycles. The number of rotatable bonds is 11. The van der Waals surface area contributed by atoms with E-state index < -0.39 is 0 Å². The van der Waals surface area contributed by atoms with Crippen LogP contribution < -0.4 is 5.32 Å². The largest absolute Gasteiger partial charge is 0.340 e. The molecule has 0 atom stereocenters. The lowest BCUT2D eigenvalue weighted by Crippen LogP contribution is -2.15. The Bertz CT molecular complexity index is 930. The molecule has 0 spiro atoms. The number of unbranched alkanes of at least 4 members (excludes halogenated alkanes) is 5. The van der Waals surface area contributed by atoms with Gasteiger partial charge in [0.05, 0.1) is 0 Å². The predicted molar refractivity (Wildman–Crippen MR) is 127 cm³/mol. The van der Waals surface area contributed by atoms with Gasteiger partial charge in [-0.05, 0) is 49.2 Å². The third kappa shape index (κ3) is 5.78. The second kappa shape index (κ2) is 11.1. The molecule has 3 aromatic rings. The van der Waals surface area contributed by atoms with Crippen molar-refractivity contribution in [3.05, 3.63) is 69.3 Å². The SMILES string of the molecule is CCCCCCCCNCc1c(C)n(Cc2ccc(Cl)cc2Cl)c2ccccc12. The highest BCUT2D eigenvalue weighted by Gasteiger charge is 2.14. The third-order valence-corrected chi connectivity index (χ3v) is 6.30.